The molecule has 0 aliphatic carbocycles. The zero-order chi connectivity index (χ0) is 19.6. The van der Waals surface area contributed by atoms with Crippen LogP contribution in [0.3, 0.4) is 0 Å². The van der Waals surface area contributed by atoms with Crippen LogP contribution in [0.2, 0.25) is 0 Å². The first-order valence-electron chi connectivity index (χ1n) is 9.18. The molecule has 5 rings (SSSR count). The summed E-state index contributed by atoms with van der Waals surface area (Å²) in [5.74, 6) is 4.15. The van der Waals surface area contributed by atoms with E-state index in [1.165, 1.54) is 11.8 Å². The van der Waals surface area contributed by atoms with Gasteiger partial charge in [-0.15, -0.1) is 10.2 Å². The topological polar surface area (TPSA) is 75.2 Å². The Bertz CT molecular complexity index is 1130. The normalized spacial score (nSPS) is 15.4. The van der Waals surface area contributed by atoms with Crippen molar-refractivity contribution < 1.29 is 13.9 Å². The standard InChI is InChI=1S/C21H18N4O3S/c1-25-20(18-12-26-15-9-5-6-10-16(15)27-18)23-24-21(25)29-13-19-22-11-17(28-19)14-7-3-2-4-8-14/h2-11,18H,12-13H2,1H3. The SMILES string of the molecule is Cn1c(SCc2ncc(-c3ccccc3)o2)nnc1C1COc2ccccc2O1. The highest BCUT2D eigenvalue weighted by atomic mass is 32.2. The van der Waals surface area contributed by atoms with E-state index in [0.717, 1.165) is 28.1 Å². The summed E-state index contributed by atoms with van der Waals surface area (Å²) >= 11 is 1.52. The van der Waals surface area contributed by atoms with Crippen molar-refractivity contribution in [3.63, 3.8) is 0 Å². The molecule has 3 heterocycles. The van der Waals surface area contributed by atoms with Crippen molar-refractivity contribution in [2.24, 2.45) is 7.05 Å². The van der Waals surface area contributed by atoms with Crippen LogP contribution in [0, 0.1) is 0 Å². The summed E-state index contributed by atoms with van der Waals surface area (Å²) < 4.78 is 19.6. The van der Waals surface area contributed by atoms with E-state index < -0.39 is 0 Å². The molecule has 2 aromatic heterocycles. The van der Waals surface area contributed by atoms with E-state index in [1.807, 2.05) is 66.2 Å². The molecule has 0 saturated carbocycles. The highest BCUT2D eigenvalue weighted by Gasteiger charge is 2.27. The monoisotopic (exact) mass is 406 g/mol. The molecule has 0 bridgehead atoms. The molecule has 29 heavy (non-hydrogen) atoms. The predicted octanol–water partition coefficient (Wildman–Crippen LogP) is 4.27. The van der Waals surface area contributed by atoms with Gasteiger partial charge in [0.05, 0.1) is 11.9 Å². The van der Waals surface area contributed by atoms with Crippen molar-refractivity contribution in [2.75, 3.05) is 6.61 Å². The minimum absolute atomic E-state index is 0.303. The minimum Gasteiger partial charge on any atom is -0.485 e. The summed E-state index contributed by atoms with van der Waals surface area (Å²) in [6.07, 6.45) is 1.45. The Morgan fingerprint density at radius 2 is 1.83 bits per heavy atom. The third-order valence-corrected chi connectivity index (χ3v) is 5.61. The molecule has 0 fully saturated rings. The first kappa shape index (κ1) is 17.8. The molecular weight excluding hydrogens is 388 g/mol. The van der Waals surface area contributed by atoms with Crippen LogP contribution < -0.4 is 9.47 Å². The maximum absolute atomic E-state index is 6.04. The van der Waals surface area contributed by atoms with E-state index in [9.17, 15) is 0 Å². The van der Waals surface area contributed by atoms with Crippen molar-refractivity contribution in [3.05, 3.63) is 72.5 Å². The van der Waals surface area contributed by atoms with Gasteiger partial charge in [0.1, 0.15) is 6.61 Å². The van der Waals surface area contributed by atoms with E-state index in [-0.39, 0.29) is 6.10 Å². The van der Waals surface area contributed by atoms with E-state index in [4.69, 9.17) is 13.9 Å². The third kappa shape index (κ3) is 3.58. The molecule has 2 aromatic carbocycles. The zero-order valence-electron chi connectivity index (χ0n) is 15.7. The van der Waals surface area contributed by atoms with Gasteiger partial charge < -0.3 is 18.5 Å². The molecule has 0 radical (unpaired) electrons. The van der Waals surface area contributed by atoms with Crippen LogP contribution >= 0.6 is 11.8 Å². The van der Waals surface area contributed by atoms with Gasteiger partial charge >= 0.3 is 0 Å². The van der Waals surface area contributed by atoms with Crippen molar-refractivity contribution in [1.82, 2.24) is 19.7 Å². The quantitative estimate of drug-likeness (QED) is 0.458. The second-order valence-corrected chi connectivity index (χ2v) is 7.48. The number of fused-ring (bicyclic) bond motifs is 1. The number of hydrogen-bond acceptors (Lipinski definition) is 7. The summed E-state index contributed by atoms with van der Waals surface area (Å²) in [6.45, 7) is 0.397. The third-order valence-electron chi connectivity index (χ3n) is 4.60. The molecule has 8 heteroatoms. The van der Waals surface area contributed by atoms with Gasteiger partial charge in [0.2, 0.25) is 5.89 Å². The van der Waals surface area contributed by atoms with E-state index in [0.29, 0.717) is 24.0 Å². The van der Waals surface area contributed by atoms with Gasteiger partial charge in [-0.2, -0.15) is 0 Å². The number of hydrogen-bond donors (Lipinski definition) is 0. The Hall–Kier alpha value is -3.26. The molecule has 7 nitrogen and oxygen atoms in total. The predicted molar refractivity (Wildman–Crippen MR) is 108 cm³/mol. The van der Waals surface area contributed by atoms with Crippen molar-refractivity contribution in [2.45, 2.75) is 17.0 Å². The fourth-order valence-electron chi connectivity index (χ4n) is 3.12. The molecule has 1 unspecified atom stereocenters. The highest BCUT2D eigenvalue weighted by molar-refractivity contribution is 7.98. The molecule has 1 aliphatic rings. The number of para-hydroxylation sites is 2. The first-order chi connectivity index (χ1) is 14.3. The van der Waals surface area contributed by atoms with Gasteiger partial charge in [0.25, 0.3) is 0 Å². The van der Waals surface area contributed by atoms with Gasteiger partial charge in [0.15, 0.2) is 34.3 Å². The molecule has 4 aromatic rings. The second-order valence-electron chi connectivity index (χ2n) is 6.54. The lowest BCUT2D eigenvalue weighted by atomic mass is 10.2. The first-order valence-corrected chi connectivity index (χ1v) is 10.2. The van der Waals surface area contributed by atoms with Crippen LogP contribution in [0.25, 0.3) is 11.3 Å². The van der Waals surface area contributed by atoms with Crippen LogP contribution in [-0.4, -0.2) is 26.4 Å². The van der Waals surface area contributed by atoms with Crippen LogP contribution in [0.1, 0.15) is 17.8 Å². The number of aromatic nitrogens is 4. The molecule has 1 aliphatic heterocycles. The van der Waals surface area contributed by atoms with Gasteiger partial charge in [-0.05, 0) is 12.1 Å². The number of rotatable bonds is 5. The lowest BCUT2D eigenvalue weighted by Crippen LogP contribution is -2.24. The molecule has 1 atom stereocenters. The Balaban J connectivity index is 1.27. The van der Waals surface area contributed by atoms with Crippen LogP contribution in [-0.2, 0) is 12.8 Å². The van der Waals surface area contributed by atoms with Gasteiger partial charge in [-0.1, -0.05) is 54.2 Å². The summed E-state index contributed by atoms with van der Waals surface area (Å²) in [6, 6.07) is 17.5. The van der Waals surface area contributed by atoms with Crippen molar-refractivity contribution in [3.8, 4) is 22.8 Å². The Morgan fingerprint density at radius 3 is 2.69 bits per heavy atom. The summed E-state index contributed by atoms with van der Waals surface area (Å²) in [5.41, 5.74) is 1.01. The maximum Gasteiger partial charge on any atom is 0.205 e. The minimum atomic E-state index is -0.303. The zero-order valence-corrected chi connectivity index (χ0v) is 16.5. The van der Waals surface area contributed by atoms with E-state index >= 15 is 0 Å². The number of oxazole rings is 1. The van der Waals surface area contributed by atoms with Gasteiger partial charge in [0, 0.05) is 12.6 Å². The molecule has 0 spiro atoms. The summed E-state index contributed by atoms with van der Waals surface area (Å²) in [7, 11) is 1.92. The number of thioether (sulfide) groups is 1. The molecule has 0 saturated heterocycles. The average molecular weight is 406 g/mol. The van der Waals surface area contributed by atoms with Crippen LogP contribution in [0.15, 0.2) is 70.4 Å². The lowest BCUT2D eigenvalue weighted by Gasteiger charge is -2.25. The summed E-state index contributed by atoms with van der Waals surface area (Å²) in [5, 5.41) is 9.38. The number of benzene rings is 2. The Kier molecular flexibility index (Phi) is 4.69. The Labute approximate surface area is 171 Å². The Morgan fingerprint density at radius 1 is 1.03 bits per heavy atom. The van der Waals surface area contributed by atoms with Gasteiger partial charge in [-0.25, -0.2) is 4.98 Å². The summed E-state index contributed by atoms with van der Waals surface area (Å²) in [4.78, 5) is 4.37. The van der Waals surface area contributed by atoms with Gasteiger partial charge in [-0.3, -0.25) is 0 Å². The second kappa shape index (κ2) is 7.63. The van der Waals surface area contributed by atoms with E-state index in [1.54, 1.807) is 6.20 Å². The molecule has 146 valence electrons. The van der Waals surface area contributed by atoms with E-state index in [2.05, 4.69) is 15.2 Å². The highest BCUT2D eigenvalue weighted by Crippen LogP contribution is 2.36. The maximum atomic E-state index is 6.04. The molecular formula is C21H18N4O3S. The fourth-order valence-corrected chi connectivity index (χ4v) is 3.89. The molecule has 0 N–H and O–H groups in total. The molecule has 0 amide bonds. The lowest BCUT2D eigenvalue weighted by molar-refractivity contribution is 0.0825. The van der Waals surface area contributed by atoms with Crippen molar-refractivity contribution >= 4 is 11.8 Å². The van der Waals surface area contributed by atoms with Crippen LogP contribution in [0.4, 0.5) is 0 Å². The van der Waals surface area contributed by atoms with Crippen LogP contribution in [0.5, 0.6) is 11.5 Å². The smallest absolute Gasteiger partial charge is 0.205 e. The fraction of sp³-hybridized carbons (Fsp3) is 0.190. The number of nitrogens with zero attached hydrogens (tertiary/aromatic N) is 4. The average Bonchev–Trinajstić information content (AvgIpc) is 3.39. The van der Waals surface area contributed by atoms with Crippen molar-refractivity contribution in [1.29, 1.82) is 0 Å². The number of ether oxygens (including phenoxy) is 2. The largest absolute Gasteiger partial charge is 0.485 e.